The van der Waals surface area contributed by atoms with Crippen LogP contribution in [-0.4, -0.2) is 45.2 Å². The van der Waals surface area contributed by atoms with Crippen LogP contribution in [-0.2, 0) is 4.79 Å². The minimum absolute atomic E-state index is 0.0217. The van der Waals surface area contributed by atoms with Gasteiger partial charge in [0.15, 0.2) is 5.16 Å². The Morgan fingerprint density at radius 3 is 2.60 bits per heavy atom. The van der Waals surface area contributed by atoms with Crippen LogP contribution < -0.4 is 4.90 Å². The Balaban J connectivity index is 2.18. The van der Waals surface area contributed by atoms with Crippen LogP contribution >= 0.6 is 11.8 Å². The average molecular weight is 298 g/mol. The summed E-state index contributed by atoms with van der Waals surface area (Å²) in [5.74, 6) is 0.0358. The van der Waals surface area contributed by atoms with E-state index in [0.717, 1.165) is 25.3 Å². The molecule has 112 valence electrons. The highest BCUT2D eigenvalue weighted by Gasteiger charge is 2.31. The van der Waals surface area contributed by atoms with Gasteiger partial charge in [0.05, 0.1) is 5.75 Å². The van der Waals surface area contributed by atoms with E-state index in [1.165, 1.54) is 11.8 Å². The first kappa shape index (κ1) is 15.2. The van der Waals surface area contributed by atoms with E-state index in [1.807, 2.05) is 7.05 Å². The molecule has 0 atom stereocenters. The van der Waals surface area contributed by atoms with Gasteiger partial charge < -0.3 is 10.0 Å². The first-order chi connectivity index (χ1) is 9.28. The summed E-state index contributed by atoms with van der Waals surface area (Å²) >= 11 is 1.24. The number of aromatic nitrogens is 3. The molecular weight excluding hydrogens is 276 g/mol. The molecule has 6 nitrogen and oxygen atoms in total. The summed E-state index contributed by atoms with van der Waals surface area (Å²) in [6.45, 7) is 7.42. The fourth-order valence-corrected chi connectivity index (χ4v) is 2.91. The van der Waals surface area contributed by atoms with Gasteiger partial charge in [0.2, 0.25) is 5.95 Å². The lowest BCUT2D eigenvalue weighted by atomic mass is 9.96. The van der Waals surface area contributed by atoms with Crippen molar-refractivity contribution in [1.29, 1.82) is 0 Å². The van der Waals surface area contributed by atoms with Crippen LogP contribution in [0.15, 0.2) is 5.16 Å². The molecular formula is C13H22N4O2S. The van der Waals surface area contributed by atoms with Crippen LogP contribution in [0.2, 0.25) is 0 Å². The molecule has 2 rings (SSSR count). The normalized spacial score (nSPS) is 15.4. The van der Waals surface area contributed by atoms with E-state index in [-0.39, 0.29) is 11.2 Å². The Kier molecular flexibility index (Phi) is 4.27. The Bertz CT molecular complexity index is 491. The third-order valence-electron chi connectivity index (χ3n) is 2.94. The van der Waals surface area contributed by atoms with E-state index in [0.29, 0.717) is 11.2 Å². The number of thioether (sulfide) groups is 1. The zero-order valence-electron chi connectivity index (χ0n) is 12.5. The number of anilines is 1. The lowest BCUT2D eigenvalue weighted by Crippen LogP contribution is -2.31. The maximum absolute atomic E-state index is 10.7. The molecule has 0 unspecified atom stereocenters. The second kappa shape index (κ2) is 5.63. The van der Waals surface area contributed by atoms with Crippen molar-refractivity contribution >= 4 is 23.7 Å². The molecule has 1 aliphatic rings. The van der Waals surface area contributed by atoms with Crippen molar-refractivity contribution in [2.75, 3.05) is 24.2 Å². The van der Waals surface area contributed by atoms with Crippen molar-refractivity contribution in [3.8, 4) is 0 Å². The Morgan fingerprint density at radius 2 is 2.10 bits per heavy atom. The van der Waals surface area contributed by atoms with E-state index in [4.69, 9.17) is 5.11 Å². The van der Waals surface area contributed by atoms with Crippen LogP contribution in [0.1, 0.15) is 39.7 Å². The predicted octanol–water partition coefficient (Wildman–Crippen LogP) is 2.27. The summed E-state index contributed by atoms with van der Waals surface area (Å²) < 4.78 is 2.10. The van der Waals surface area contributed by atoms with E-state index in [9.17, 15) is 4.79 Å². The van der Waals surface area contributed by atoms with Crippen LogP contribution in [0, 0.1) is 5.41 Å². The number of nitrogens with zero attached hydrogens (tertiary/aromatic N) is 4. The second-order valence-electron chi connectivity index (χ2n) is 6.48. The molecule has 7 heteroatoms. The molecule has 1 aromatic rings. The van der Waals surface area contributed by atoms with Gasteiger partial charge in [0, 0.05) is 19.6 Å². The topological polar surface area (TPSA) is 71.2 Å². The molecule has 1 heterocycles. The lowest BCUT2D eigenvalue weighted by molar-refractivity contribution is -0.133. The van der Waals surface area contributed by atoms with Gasteiger partial charge in [0.1, 0.15) is 0 Å². The highest BCUT2D eigenvalue weighted by atomic mass is 32.2. The Hall–Kier alpha value is -1.24. The van der Waals surface area contributed by atoms with Gasteiger partial charge in [-0.15, -0.1) is 10.2 Å². The highest BCUT2D eigenvalue weighted by molar-refractivity contribution is 7.99. The van der Waals surface area contributed by atoms with Crippen molar-refractivity contribution < 1.29 is 9.90 Å². The van der Waals surface area contributed by atoms with Gasteiger partial charge in [-0.2, -0.15) is 0 Å². The highest BCUT2D eigenvalue weighted by Crippen LogP contribution is 2.41. The van der Waals surface area contributed by atoms with Gasteiger partial charge in [-0.05, 0) is 18.3 Å². The van der Waals surface area contributed by atoms with Gasteiger partial charge in [0.25, 0.3) is 0 Å². The fourth-order valence-electron chi connectivity index (χ4n) is 2.19. The van der Waals surface area contributed by atoms with Gasteiger partial charge in [-0.25, -0.2) is 0 Å². The summed E-state index contributed by atoms with van der Waals surface area (Å²) in [7, 11) is 2.01. The third-order valence-corrected chi connectivity index (χ3v) is 3.86. The summed E-state index contributed by atoms with van der Waals surface area (Å²) in [6.07, 6.45) is 2.24. The molecule has 0 aliphatic heterocycles. The average Bonchev–Trinajstić information content (AvgIpc) is 3.04. The molecule has 1 aliphatic carbocycles. The van der Waals surface area contributed by atoms with Crippen molar-refractivity contribution in [2.24, 2.45) is 5.41 Å². The van der Waals surface area contributed by atoms with Crippen LogP contribution in [0.4, 0.5) is 5.95 Å². The first-order valence-electron chi connectivity index (χ1n) is 6.78. The minimum atomic E-state index is -0.829. The van der Waals surface area contributed by atoms with Crippen LogP contribution in [0.25, 0.3) is 0 Å². The molecule has 1 N–H and O–H groups in total. The SMILES string of the molecule is CN(CC(C)(C)C)c1nnc(SCC(=O)O)n1C1CC1. The molecule has 1 fully saturated rings. The monoisotopic (exact) mass is 298 g/mol. The first-order valence-corrected chi connectivity index (χ1v) is 7.77. The minimum Gasteiger partial charge on any atom is -0.481 e. The molecule has 0 saturated heterocycles. The predicted molar refractivity (Wildman–Crippen MR) is 79.4 cm³/mol. The molecule has 1 saturated carbocycles. The van der Waals surface area contributed by atoms with Crippen LogP contribution in [0.5, 0.6) is 0 Å². The molecule has 0 radical (unpaired) electrons. The lowest BCUT2D eigenvalue weighted by Gasteiger charge is -2.27. The van der Waals surface area contributed by atoms with E-state index < -0.39 is 5.97 Å². The molecule has 0 bridgehead atoms. The van der Waals surface area contributed by atoms with E-state index in [1.54, 1.807) is 0 Å². The standard InChI is InChI=1S/C13H22N4O2S/c1-13(2,3)8-16(4)11-14-15-12(20-7-10(18)19)17(11)9-5-6-9/h9H,5-8H2,1-4H3,(H,18,19). The maximum Gasteiger partial charge on any atom is 0.313 e. The van der Waals surface area contributed by atoms with Gasteiger partial charge >= 0.3 is 5.97 Å². The summed E-state index contributed by atoms with van der Waals surface area (Å²) in [4.78, 5) is 12.8. The molecule has 1 aromatic heterocycles. The van der Waals surface area contributed by atoms with Crippen molar-refractivity contribution in [1.82, 2.24) is 14.8 Å². The van der Waals surface area contributed by atoms with Crippen LogP contribution in [0.3, 0.4) is 0 Å². The zero-order valence-corrected chi connectivity index (χ0v) is 13.3. The van der Waals surface area contributed by atoms with E-state index >= 15 is 0 Å². The Morgan fingerprint density at radius 1 is 1.45 bits per heavy atom. The largest absolute Gasteiger partial charge is 0.481 e. The number of rotatable bonds is 6. The zero-order chi connectivity index (χ0) is 14.9. The molecule has 20 heavy (non-hydrogen) atoms. The third kappa shape index (κ3) is 3.88. The summed E-state index contributed by atoms with van der Waals surface area (Å²) in [5, 5.41) is 17.9. The molecule has 0 spiro atoms. The number of hydrogen-bond donors (Lipinski definition) is 1. The van der Waals surface area contributed by atoms with Crippen molar-refractivity contribution in [3.05, 3.63) is 0 Å². The number of aliphatic carboxylic acids is 1. The number of carbonyl (C=O) groups is 1. The fraction of sp³-hybridized carbons (Fsp3) is 0.769. The van der Waals surface area contributed by atoms with Crippen molar-refractivity contribution in [2.45, 2.75) is 44.8 Å². The smallest absolute Gasteiger partial charge is 0.313 e. The number of carboxylic acid groups (broad SMARTS) is 1. The number of carboxylic acids is 1. The van der Waals surface area contributed by atoms with Gasteiger partial charge in [-0.3, -0.25) is 9.36 Å². The summed E-state index contributed by atoms with van der Waals surface area (Å²) in [5.41, 5.74) is 0.170. The summed E-state index contributed by atoms with van der Waals surface area (Å²) in [6, 6.07) is 0.429. The molecule has 0 amide bonds. The molecule has 0 aromatic carbocycles. The Labute approximate surface area is 123 Å². The van der Waals surface area contributed by atoms with Gasteiger partial charge in [-0.1, -0.05) is 32.5 Å². The quantitative estimate of drug-likeness (QED) is 0.812. The van der Waals surface area contributed by atoms with Crippen molar-refractivity contribution in [3.63, 3.8) is 0 Å². The number of hydrogen-bond acceptors (Lipinski definition) is 5. The van der Waals surface area contributed by atoms with E-state index in [2.05, 4.69) is 40.4 Å². The second-order valence-corrected chi connectivity index (χ2v) is 7.43. The maximum atomic E-state index is 10.7.